The van der Waals surface area contributed by atoms with Gasteiger partial charge in [-0.2, -0.15) is 0 Å². The highest BCUT2D eigenvalue weighted by atomic mass is 35.5. The van der Waals surface area contributed by atoms with Crippen molar-refractivity contribution in [1.82, 2.24) is 9.55 Å². The minimum Gasteiger partial charge on any atom is -0.382 e. The fourth-order valence-corrected chi connectivity index (χ4v) is 3.70. The van der Waals surface area contributed by atoms with Gasteiger partial charge in [-0.05, 0) is 28.1 Å². The number of rotatable bonds is 6. The quantitative estimate of drug-likeness (QED) is 0.462. The first-order valence-electron chi connectivity index (χ1n) is 7.91. The number of aliphatic hydroxyl groups is 1. The zero-order valence-corrected chi connectivity index (χ0v) is 15.8. The van der Waals surface area contributed by atoms with Crippen molar-refractivity contribution in [3.8, 4) is 0 Å². The molecule has 2 aromatic rings. The maximum Gasteiger partial charge on any atom is 0.101 e. The molecule has 6 heteroatoms. The Kier molecular flexibility index (Phi) is 6.43. The maximum absolute atomic E-state index is 9.91. The van der Waals surface area contributed by atoms with Crippen molar-refractivity contribution in [3.63, 3.8) is 0 Å². The highest BCUT2D eigenvalue weighted by Gasteiger charge is 2.08. The second-order valence-corrected chi connectivity index (χ2v) is 7.68. The number of benzene rings is 2. The average Bonchev–Trinajstić information content (AvgIpc) is 3.09. The third kappa shape index (κ3) is 5.25. The Balaban J connectivity index is 0.000000250. The summed E-state index contributed by atoms with van der Waals surface area (Å²) in [5.41, 5.74) is 0.562. The van der Waals surface area contributed by atoms with Crippen molar-refractivity contribution in [3.05, 3.63) is 87.2 Å². The molecule has 0 saturated heterocycles. The summed E-state index contributed by atoms with van der Waals surface area (Å²) in [6, 6.07) is 13.9. The molecule has 130 valence electrons. The van der Waals surface area contributed by atoms with Crippen LogP contribution in [0.3, 0.4) is 0 Å². The van der Waals surface area contributed by atoms with Gasteiger partial charge >= 0.3 is 0 Å². The van der Waals surface area contributed by atoms with Crippen molar-refractivity contribution < 1.29 is 5.11 Å². The van der Waals surface area contributed by atoms with E-state index in [1.54, 1.807) is 24.7 Å². The van der Waals surface area contributed by atoms with Crippen LogP contribution in [0, 0.1) is 10.4 Å². The van der Waals surface area contributed by atoms with E-state index >= 15 is 0 Å². The molecule has 0 fully saturated rings. The Bertz CT molecular complexity index is 865. The van der Waals surface area contributed by atoms with Crippen molar-refractivity contribution in [2.75, 3.05) is 0 Å². The maximum atomic E-state index is 9.91. The number of aliphatic hydroxyl groups excluding tert-OH is 1. The van der Waals surface area contributed by atoms with E-state index in [9.17, 15) is 5.11 Å². The van der Waals surface area contributed by atoms with E-state index in [-0.39, 0.29) is 0 Å². The molecule has 3 nitrogen and oxygen atoms in total. The summed E-state index contributed by atoms with van der Waals surface area (Å²) in [5, 5.41) is 14.0. The molecular weight excluding hydrogens is 375 g/mol. The highest BCUT2D eigenvalue weighted by Crippen LogP contribution is 2.26. The van der Waals surface area contributed by atoms with Gasteiger partial charge in [0.1, 0.15) is 5.44 Å². The van der Waals surface area contributed by atoms with E-state index in [1.165, 1.54) is 22.2 Å². The fraction of sp³-hybridized carbons (Fsp3) is 0.211. The summed E-state index contributed by atoms with van der Waals surface area (Å²) in [6.07, 6.45) is 6.03. The average molecular weight is 393 g/mol. The number of hydrogen-bond acceptors (Lipinski definition) is 3. The standard InChI is InChI=1S/C13H14Cl2N2OS.C6H4/c14-11-2-1-10(12(15)7-11)8-19-13(18)3-5-17-6-4-16-9-17;1-2-6-4-3-5(1)6/h1-2,4,6-7,9,13,18H,3,5,8H2;1-4H. The number of hydrogen-bond donors (Lipinski definition) is 1. The molecule has 2 aliphatic rings. The molecule has 4 rings (SSSR count). The number of thioether (sulfide) groups is 1. The molecule has 0 spiro atoms. The Hall–Kier alpha value is -1.46. The van der Waals surface area contributed by atoms with Crippen molar-refractivity contribution >= 4 is 35.0 Å². The van der Waals surface area contributed by atoms with Crippen LogP contribution in [0.4, 0.5) is 0 Å². The molecule has 1 atom stereocenters. The van der Waals surface area contributed by atoms with E-state index in [0.29, 0.717) is 22.2 Å². The van der Waals surface area contributed by atoms with Gasteiger partial charge in [0.15, 0.2) is 0 Å². The van der Waals surface area contributed by atoms with Crippen LogP contribution in [0.25, 0.3) is 0 Å². The lowest BCUT2D eigenvalue weighted by atomic mass is 10.1. The summed E-state index contributed by atoms with van der Waals surface area (Å²) in [4.78, 5) is 3.96. The zero-order valence-electron chi connectivity index (χ0n) is 13.5. The summed E-state index contributed by atoms with van der Waals surface area (Å²) in [6.45, 7) is 0.752. The van der Waals surface area contributed by atoms with Crippen LogP contribution in [0.1, 0.15) is 12.0 Å². The molecule has 25 heavy (non-hydrogen) atoms. The monoisotopic (exact) mass is 392 g/mol. The lowest BCUT2D eigenvalue weighted by Gasteiger charge is -2.11. The molecule has 0 radical (unpaired) electrons. The highest BCUT2D eigenvalue weighted by molar-refractivity contribution is 7.98. The largest absolute Gasteiger partial charge is 0.382 e. The van der Waals surface area contributed by atoms with E-state index in [0.717, 1.165) is 12.1 Å². The molecule has 1 unspecified atom stereocenters. The van der Waals surface area contributed by atoms with E-state index in [4.69, 9.17) is 23.2 Å². The van der Waals surface area contributed by atoms with Gasteiger partial charge in [0.05, 0.1) is 6.33 Å². The fourth-order valence-electron chi connectivity index (χ4n) is 2.25. The van der Waals surface area contributed by atoms with Gasteiger partial charge in [0.25, 0.3) is 0 Å². The first-order chi connectivity index (χ1) is 12.1. The van der Waals surface area contributed by atoms with Crippen molar-refractivity contribution in [2.24, 2.45) is 0 Å². The Labute approximate surface area is 160 Å². The Morgan fingerprint density at radius 3 is 2.32 bits per heavy atom. The number of halogens is 2. The van der Waals surface area contributed by atoms with Gasteiger partial charge in [-0.25, -0.2) is 4.98 Å². The first kappa shape index (κ1) is 18.3. The predicted molar refractivity (Wildman–Crippen MR) is 105 cm³/mol. The lowest BCUT2D eigenvalue weighted by Crippen LogP contribution is -2.06. The van der Waals surface area contributed by atoms with E-state index in [1.807, 2.05) is 16.8 Å². The summed E-state index contributed by atoms with van der Waals surface area (Å²) in [5.74, 6) is 0.668. The van der Waals surface area contributed by atoms with Gasteiger partial charge in [0, 0.05) is 41.2 Å². The smallest absolute Gasteiger partial charge is 0.101 e. The SMILES string of the molecule is OC(CCn1ccnc1)SCc1ccc(Cl)cc1Cl.c1cc2ccc1=2. The molecular formula is C19H18Cl2N2OS. The molecule has 1 aromatic heterocycles. The van der Waals surface area contributed by atoms with Crippen LogP contribution in [0.5, 0.6) is 0 Å². The number of imidazole rings is 1. The summed E-state index contributed by atoms with van der Waals surface area (Å²) in [7, 11) is 0. The second kappa shape index (κ2) is 8.77. The molecule has 1 N–H and O–H groups in total. The minimum absolute atomic E-state index is 0.422. The number of aryl methyl sites for hydroxylation is 1. The van der Waals surface area contributed by atoms with E-state index < -0.39 is 5.44 Å². The molecule has 1 aromatic carbocycles. The Morgan fingerprint density at radius 1 is 1.08 bits per heavy atom. The topological polar surface area (TPSA) is 38.0 Å². The number of nitrogens with zero attached hydrogens (tertiary/aromatic N) is 2. The second-order valence-electron chi connectivity index (χ2n) is 5.67. The zero-order chi connectivity index (χ0) is 17.6. The normalized spacial score (nSPS) is 12.3. The molecule has 0 saturated carbocycles. The molecule has 2 aliphatic carbocycles. The van der Waals surface area contributed by atoms with Crippen molar-refractivity contribution in [2.45, 2.75) is 24.2 Å². The van der Waals surface area contributed by atoms with Crippen LogP contribution in [0.15, 0.2) is 61.2 Å². The van der Waals surface area contributed by atoms with Gasteiger partial charge in [-0.1, -0.05) is 53.5 Å². The number of aromatic nitrogens is 2. The van der Waals surface area contributed by atoms with Crippen LogP contribution < -0.4 is 0 Å². The summed E-state index contributed by atoms with van der Waals surface area (Å²) < 4.78 is 1.94. The molecule has 0 amide bonds. The minimum atomic E-state index is -0.422. The third-order valence-electron chi connectivity index (χ3n) is 3.86. The predicted octanol–water partition coefficient (Wildman–Crippen LogP) is 5.12. The third-order valence-corrected chi connectivity index (χ3v) is 5.54. The van der Waals surface area contributed by atoms with Crippen molar-refractivity contribution in [1.29, 1.82) is 0 Å². The first-order valence-corrected chi connectivity index (χ1v) is 9.72. The summed E-state index contributed by atoms with van der Waals surface area (Å²) >= 11 is 13.4. The van der Waals surface area contributed by atoms with Gasteiger partial charge < -0.3 is 9.67 Å². The van der Waals surface area contributed by atoms with Gasteiger partial charge in [0.2, 0.25) is 0 Å². The molecule has 0 aliphatic heterocycles. The van der Waals surface area contributed by atoms with Gasteiger partial charge in [-0.15, -0.1) is 11.8 Å². The van der Waals surface area contributed by atoms with Gasteiger partial charge in [-0.3, -0.25) is 0 Å². The molecule has 1 heterocycles. The Morgan fingerprint density at radius 2 is 1.80 bits per heavy atom. The van der Waals surface area contributed by atoms with Crippen LogP contribution >= 0.6 is 35.0 Å². The lowest BCUT2D eigenvalue weighted by molar-refractivity contribution is 0.245. The van der Waals surface area contributed by atoms with Crippen LogP contribution in [-0.2, 0) is 12.3 Å². The molecule has 0 bridgehead atoms. The van der Waals surface area contributed by atoms with Crippen LogP contribution in [-0.4, -0.2) is 20.1 Å². The van der Waals surface area contributed by atoms with E-state index in [2.05, 4.69) is 29.2 Å². The van der Waals surface area contributed by atoms with Crippen LogP contribution in [0.2, 0.25) is 10.0 Å².